The lowest BCUT2D eigenvalue weighted by Gasteiger charge is -2.20. The Bertz CT molecular complexity index is 805. The number of rotatable bonds is 9. The molecule has 7 heteroatoms. The van der Waals surface area contributed by atoms with E-state index in [1.54, 1.807) is 4.90 Å². The zero-order chi connectivity index (χ0) is 18.9. The molecule has 2 aromatic rings. The maximum Gasteiger partial charge on any atom is 0.239 e. The van der Waals surface area contributed by atoms with Gasteiger partial charge in [-0.1, -0.05) is 25.1 Å². The zero-order valence-electron chi connectivity index (χ0n) is 15.1. The lowest BCUT2D eigenvalue weighted by molar-refractivity contribution is -0.116. The van der Waals surface area contributed by atoms with Crippen LogP contribution in [0.15, 0.2) is 47.4 Å². The van der Waals surface area contributed by atoms with Crippen molar-refractivity contribution >= 4 is 22.4 Å². The van der Waals surface area contributed by atoms with E-state index in [0.717, 1.165) is 12.1 Å². The zero-order valence-corrected chi connectivity index (χ0v) is 15.9. The minimum Gasteiger partial charge on any atom is -0.488 e. The Morgan fingerprint density at radius 3 is 2.58 bits per heavy atom. The Kier molecular flexibility index (Phi) is 7.59. The molecule has 0 fully saturated rings. The van der Waals surface area contributed by atoms with E-state index in [-0.39, 0.29) is 28.6 Å². The largest absolute Gasteiger partial charge is 0.488 e. The maximum atomic E-state index is 12.5. The van der Waals surface area contributed by atoms with E-state index in [2.05, 4.69) is 4.98 Å². The van der Waals surface area contributed by atoms with Crippen molar-refractivity contribution in [1.29, 1.82) is 0 Å². The van der Waals surface area contributed by atoms with Crippen LogP contribution in [0.5, 0.6) is 5.75 Å². The minimum atomic E-state index is -1.42. The molecule has 6 nitrogen and oxygen atoms in total. The molecule has 0 saturated heterocycles. The number of amides is 1. The summed E-state index contributed by atoms with van der Waals surface area (Å²) in [5.41, 5.74) is 1.05. The third-order valence-corrected chi connectivity index (χ3v) is 4.89. The molecule has 0 aliphatic heterocycles. The molecule has 0 bridgehead atoms. The summed E-state index contributed by atoms with van der Waals surface area (Å²) in [6, 6.07) is 10.7. The molecular formula is C19H24N2O4S. The number of carbonyl (C=O) groups is 1. The van der Waals surface area contributed by atoms with Crippen molar-refractivity contribution < 1.29 is 13.7 Å². The molecule has 1 heterocycles. The van der Waals surface area contributed by atoms with Crippen LogP contribution >= 0.6 is 0 Å². The van der Waals surface area contributed by atoms with E-state index in [4.69, 9.17) is 4.74 Å². The smallest absolute Gasteiger partial charge is 0.239 e. The van der Waals surface area contributed by atoms with Crippen LogP contribution in [0.4, 0.5) is 5.69 Å². The number of benzene rings is 1. The number of hydrogen-bond donors (Lipinski definition) is 1. The van der Waals surface area contributed by atoms with Crippen molar-refractivity contribution in [2.24, 2.45) is 0 Å². The van der Waals surface area contributed by atoms with E-state index in [0.29, 0.717) is 18.8 Å². The summed E-state index contributed by atoms with van der Waals surface area (Å²) in [4.78, 5) is 28.9. The topological polar surface area (TPSA) is 79.5 Å². The van der Waals surface area contributed by atoms with Gasteiger partial charge in [0.05, 0.1) is 12.4 Å². The number of aromatic nitrogens is 1. The number of nitrogens with one attached hydrogen (secondary N) is 1. The molecule has 1 unspecified atom stereocenters. The van der Waals surface area contributed by atoms with Crippen molar-refractivity contribution in [3.05, 3.63) is 58.5 Å². The van der Waals surface area contributed by atoms with E-state index < -0.39 is 10.8 Å². The molecule has 0 radical (unpaired) electrons. The quantitative estimate of drug-likeness (QED) is 0.729. The van der Waals surface area contributed by atoms with Crippen molar-refractivity contribution in [1.82, 2.24) is 4.98 Å². The van der Waals surface area contributed by atoms with E-state index >= 15 is 0 Å². The first-order valence-corrected chi connectivity index (χ1v) is 10.1. The van der Waals surface area contributed by atoms with Crippen LogP contribution in [0.25, 0.3) is 0 Å². The summed E-state index contributed by atoms with van der Waals surface area (Å²) in [6.07, 6.45) is 2.29. The highest BCUT2D eigenvalue weighted by molar-refractivity contribution is 7.84. The monoisotopic (exact) mass is 376 g/mol. The molecular weight excluding hydrogens is 352 g/mol. The summed E-state index contributed by atoms with van der Waals surface area (Å²) >= 11 is 0. The van der Waals surface area contributed by atoms with Crippen molar-refractivity contribution in [3.63, 3.8) is 0 Å². The molecule has 2 rings (SSSR count). The van der Waals surface area contributed by atoms with Gasteiger partial charge in [0.25, 0.3) is 0 Å². The van der Waals surface area contributed by atoms with Gasteiger partial charge in [0, 0.05) is 41.0 Å². The highest BCUT2D eigenvalue weighted by atomic mass is 32.2. The number of nitrogens with zero attached hydrogens (tertiary/aromatic N) is 1. The average molecular weight is 376 g/mol. The fourth-order valence-corrected chi connectivity index (χ4v) is 3.51. The van der Waals surface area contributed by atoms with Crippen LogP contribution in [0.3, 0.4) is 0 Å². The highest BCUT2D eigenvalue weighted by Gasteiger charge is 2.17. The van der Waals surface area contributed by atoms with Gasteiger partial charge in [-0.2, -0.15) is 0 Å². The van der Waals surface area contributed by atoms with Gasteiger partial charge in [-0.25, -0.2) is 0 Å². The van der Waals surface area contributed by atoms with Gasteiger partial charge < -0.3 is 14.6 Å². The van der Waals surface area contributed by atoms with Gasteiger partial charge >= 0.3 is 0 Å². The summed E-state index contributed by atoms with van der Waals surface area (Å²) < 4.78 is 17.7. The molecule has 1 atom stereocenters. The Labute approximate surface area is 155 Å². The summed E-state index contributed by atoms with van der Waals surface area (Å²) in [5.74, 6) is 0.0567. The molecule has 1 amide bonds. The van der Waals surface area contributed by atoms with Crippen LogP contribution in [0, 0.1) is 0 Å². The third kappa shape index (κ3) is 5.56. The normalized spacial score (nSPS) is 11.8. The fraction of sp³-hybridized carbons (Fsp3) is 0.368. The first kappa shape index (κ1) is 19.9. The second-order valence-electron chi connectivity index (χ2n) is 5.74. The summed E-state index contributed by atoms with van der Waals surface area (Å²) in [5, 5.41) is 0. The fourth-order valence-electron chi connectivity index (χ4n) is 2.46. The Hall–Kier alpha value is -2.41. The predicted octanol–water partition coefficient (Wildman–Crippen LogP) is 2.47. The van der Waals surface area contributed by atoms with Gasteiger partial charge in [-0.3, -0.25) is 13.8 Å². The second-order valence-corrected chi connectivity index (χ2v) is 7.19. The molecule has 0 saturated carbocycles. The van der Waals surface area contributed by atoms with Crippen molar-refractivity contribution in [2.75, 3.05) is 23.8 Å². The lowest BCUT2D eigenvalue weighted by Crippen LogP contribution is -2.34. The summed E-state index contributed by atoms with van der Waals surface area (Å²) in [7, 11) is -1.42. The van der Waals surface area contributed by atoms with Gasteiger partial charge in [0.2, 0.25) is 11.3 Å². The standard InChI is InChI=1S/C19H24N2O4S/c1-3-10-25-18-12-20-15(11-17(18)22)13-26(24)14-19(23)21(4-2)16-8-6-5-7-9-16/h5-9,11-12H,3-4,10,13-14H2,1-2H3,(H,20,22). The van der Waals surface area contributed by atoms with Crippen molar-refractivity contribution in [3.8, 4) is 5.75 Å². The number of carbonyl (C=O) groups excluding carboxylic acids is 1. The molecule has 1 N–H and O–H groups in total. The Morgan fingerprint density at radius 1 is 1.23 bits per heavy atom. The first-order valence-electron chi connectivity index (χ1n) is 8.60. The van der Waals surface area contributed by atoms with Gasteiger partial charge in [-0.15, -0.1) is 0 Å². The second kappa shape index (κ2) is 9.91. The molecule has 26 heavy (non-hydrogen) atoms. The molecule has 140 valence electrons. The summed E-state index contributed by atoms with van der Waals surface area (Å²) in [6.45, 7) is 4.80. The van der Waals surface area contributed by atoms with Crippen LogP contribution < -0.4 is 15.1 Å². The van der Waals surface area contributed by atoms with Crippen LogP contribution in [-0.4, -0.2) is 34.0 Å². The first-order chi connectivity index (χ1) is 12.5. The molecule has 1 aromatic carbocycles. The molecule has 0 spiro atoms. The maximum absolute atomic E-state index is 12.5. The van der Waals surface area contributed by atoms with E-state index in [1.807, 2.05) is 44.2 Å². The molecule has 0 aliphatic rings. The van der Waals surface area contributed by atoms with Gasteiger partial charge in [0.1, 0.15) is 5.75 Å². The van der Waals surface area contributed by atoms with Crippen LogP contribution in [-0.2, 0) is 21.3 Å². The Morgan fingerprint density at radius 2 is 1.96 bits per heavy atom. The number of hydrogen-bond acceptors (Lipinski definition) is 4. The number of para-hydroxylation sites is 1. The molecule has 0 aliphatic carbocycles. The Balaban J connectivity index is 1.98. The van der Waals surface area contributed by atoms with Crippen LogP contribution in [0.2, 0.25) is 0 Å². The van der Waals surface area contributed by atoms with E-state index in [1.165, 1.54) is 12.3 Å². The number of H-pyrrole nitrogens is 1. The predicted molar refractivity (Wildman–Crippen MR) is 104 cm³/mol. The van der Waals surface area contributed by atoms with Gasteiger partial charge in [0.15, 0.2) is 5.75 Å². The van der Waals surface area contributed by atoms with Crippen molar-refractivity contribution in [2.45, 2.75) is 26.0 Å². The number of pyridine rings is 1. The van der Waals surface area contributed by atoms with E-state index in [9.17, 15) is 13.8 Å². The lowest BCUT2D eigenvalue weighted by atomic mass is 10.3. The minimum absolute atomic E-state index is 0.0984. The van der Waals surface area contributed by atoms with Crippen LogP contribution in [0.1, 0.15) is 26.0 Å². The number of ether oxygens (including phenoxy) is 1. The van der Waals surface area contributed by atoms with Gasteiger partial charge in [-0.05, 0) is 25.5 Å². The number of anilines is 1. The SMILES string of the molecule is CCCOc1c[nH]c(CS(=O)CC(=O)N(CC)c2ccccc2)cc1=O. The third-order valence-electron chi connectivity index (χ3n) is 3.68. The average Bonchev–Trinajstić information content (AvgIpc) is 2.62. The number of aromatic amines is 1. The highest BCUT2D eigenvalue weighted by Crippen LogP contribution is 2.14. The molecule has 1 aromatic heterocycles.